The van der Waals surface area contributed by atoms with E-state index in [-0.39, 0.29) is 51.4 Å². The van der Waals surface area contributed by atoms with E-state index in [9.17, 15) is 9.90 Å². The summed E-state index contributed by atoms with van der Waals surface area (Å²) in [4.78, 5) is 13.9. The molecule has 0 aromatic rings. The Labute approximate surface area is 158 Å². The molecular formula is C14H22KNO3. The van der Waals surface area contributed by atoms with Gasteiger partial charge in [0.2, 0.25) is 0 Å². The molecule has 5 heteroatoms. The van der Waals surface area contributed by atoms with Gasteiger partial charge in [0.15, 0.2) is 0 Å². The Balaban J connectivity index is 0. The van der Waals surface area contributed by atoms with Crippen LogP contribution in [0.3, 0.4) is 0 Å². The number of aliphatic carboxylic acids is 1. The predicted molar refractivity (Wildman–Crippen MR) is 71.6 cm³/mol. The van der Waals surface area contributed by atoms with Crippen LogP contribution in [-0.4, -0.2) is 23.5 Å². The van der Waals surface area contributed by atoms with Gasteiger partial charge in [-0.15, -0.1) is 0 Å². The Kier molecular flexibility index (Phi) is 18.1. The van der Waals surface area contributed by atoms with Crippen LogP contribution in [0.5, 0.6) is 0 Å². The number of hydrogen-bond acceptors (Lipinski definition) is 3. The molecule has 0 saturated heterocycles. The standard InChI is InChI=1S/C14H23NO3.K/c1-2-3-4-5-6-7-8-9-12-15-13(16)10-11-14(17)18;/h3-4,10-11H,2,5-9,12H2,1H3,(H,15,16)(H,17,18);/q;+1/p-1/b4-3+,11-10+;. The molecule has 0 radical (unpaired) electrons. The Morgan fingerprint density at radius 2 is 1.84 bits per heavy atom. The summed E-state index contributed by atoms with van der Waals surface area (Å²) in [7, 11) is 0. The fourth-order valence-corrected chi connectivity index (χ4v) is 1.40. The van der Waals surface area contributed by atoms with Crippen LogP contribution in [0.15, 0.2) is 29.3 Å². The summed E-state index contributed by atoms with van der Waals surface area (Å²) in [6.45, 7) is 2.60. The SMILES string of the molecule is CC/C=C/CCCCCCN=C([O-])/C=C/C(=O)O.[K+]. The van der Waals surface area contributed by atoms with E-state index >= 15 is 0 Å². The summed E-state index contributed by atoms with van der Waals surface area (Å²) in [5, 5.41) is 19.3. The molecule has 0 aliphatic carbocycles. The first-order chi connectivity index (χ1) is 8.66. The van der Waals surface area contributed by atoms with Gasteiger partial charge in [-0.3, -0.25) is 0 Å². The van der Waals surface area contributed by atoms with Gasteiger partial charge in [-0.2, -0.15) is 0 Å². The molecule has 0 aromatic heterocycles. The molecule has 0 unspecified atom stereocenters. The van der Waals surface area contributed by atoms with E-state index in [2.05, 4.69) is 24.1 Å². The van der Waals surface area contributed by atoms with Crippen LogP contribution in [0.1, 0.15) is 45.4 Å². The van der Waals surface area contributed by atoms with Gasteiger partial charge in [-0.05, 0) is 37.7 Å². The van der Waals surface area contributed by atoms with Crippen molar-refractivity contribution in [3.8, 4) is 0 Å². The zero-order valence-electron chi connectivity index (χ0n) is 12.0. The van der Waals surface area contributed by atoms with E-state index in [4.69, 9.17) is 5.11 Å². The summed E-state index contributed by atoms with van der Waals surface area (Å²) >= 11 is 0. The molecule has 0 saturated carbocycles. The second kappa shape index (κ2) is 16.1. The second-order valence-electron chi connectivity index (χ2n) is 3.97. The van der Waals surface area contributed by atoms with Gasteiger partial charge in [0.25, 0.3) is 0 Å². The Hall–Kier alpha value is 0.0564. The number of aliphatic imine (C=N–C) groups is 1. The third kappa shape index (κ3) is 18.1. The number of carboxylic acid groups (broad SMARTS) is 1. The van der Waals surface area contributed by atoms with Crippen molar-refractivity contribution in [2.45, 2.75) is 45.4 Å². The van der Waals surface area contributed by atoms with Crippen LogP contribution in [-0.2, 0) is 4.79 Å². The number of carboxylic acids is 1. The van der Waals surface area contributed by atoms with Crippen molar-refractivity contribution in [1.29, 1.82) is 0 Å². The van der Waals surface area contributed by atoms with Crippen LogP contribution >= 0.6 is 0 Å². The van der Waals surface area contributed by atoms with Crippen LogP contribution in [0.2, 0.25) is 0 Å². The zero-order chi connectivity index (χ0) is 13.6. The van der Waals surface area contributed by atoms with Gasteiger partial charge in [0.05, 0.1) is 0 Å². The average Bonchev–Trinajstić information content (AvgIpc) is 2.34. The molecule has 0 spiro atoms. The molecule has 0 amide bonds. The maximum Gasteiger partial charge on any atom is 1.00 e. The molecule has 0 heterocycles. The van der Waals surface area contributed by atoms with Gasteiger partial charge in [0, 0.05) is 12.6 Å². The first-order valence-corrected chi connectivity index (χ1v) is 6.44. The van der Waals surface area contributed by atoms with Gasteiger partial charge in [-0.1, -0.05) is 31.9 Å². The molecule has 19 heavy (non-hydrogen) atoms. The molecule has 102 valence electrons. The van der Waals surface area contributed by atoms with E-state index in [0.717, 1.165) is 44.3 Å². The maximum absolute atomic E-state index is 11.0. The first-order valence-electron chi connectivity index (χ1n) is 6.44. The van der Waals surface area contributed by atoms with Crippen molar-refractivity contribution in [3.05, 3.63) is 24.3 Å². The Morgan fingerprint density at radius 3 is 2.47 bits per heavy atom. The maximum atomic E-state index is 11.0. The third-order valence-electron chi connectivity index (χ3n) is 2.32. The van der Waals surface area contributed by atoms with Crippen molar-refractivity contribution >= 4 is 11.9 Å². The van der Waals surface area contributed by atoms with Crippen molar-refractivity contribution in [2.75, 3.05) is 6.54 Å². The smallest absolute Gasteiger partial charge is 0.859 e. The molecular weight excluding hydrogens is 269 g/mol. The summed E-state index contributed by atoms with van der Waals surface area (Å²) in [6, 6.07) is 0. The van der Waals surface area contributed by atoms with E-state index in [1.165, 1.54) is 6.42 Å². The van der Waals surface area contributed by atoms with Gasteiger partial charge in [0.1, 0.15) is 0 Å². The van der Waals surface area contributed by atoms with Gasteiger partial charge < -0.3 is 15.2 Å². The van der Waals surface area contributed by atoms with Gasteiger partial charge in [-0.25, -0.2) is 4.79 Å². The normalized spacial score (nSPS) is 11.9. The van der Waals surface area contributed by atoms with E-state index < -0.39 is 11.9 Å². The number of unbranched alkanes of at least 4 members (excludes halogenated alkanes) is 4. The number of hydrogen-bond donors (Lipinski definition) is 1. The molecule has 0 rings (SSSR count). The average molecular weight is 291 g/mol. The zero-order valence-corrected chi connectivity index (χ0v) is 15.1. The van der Waals surface area contributed by atoms with Gasteiger partial charge >= 0.3 is 57.4 Å². The monoisotopic (exact) mass is 291 g/mol. The van der Waals surface area contributed by atoms with Crippen LogP contribution < -0.4 is 56.5 Å². The van der Waals surface area contributed by atoms with E-state index in [1.807, 2.05) is 0 Å². The van der Waals surface area contributed by atoms with Crippen LogP contribution in [0, 0.1) is 0 Å². The number of allylic oxidation sites excluding steroid dienone is 2. The topological polar surface area (TPSA) is 72.7 Å². The fraction of sp³-hybridized carbons (Fsp3) is 0.571. The first kappa shape index (κ1) is 21.4. The summed E-state index contributed by atoms with van der Waals surface area (Å²) < 4.78 is 0. The molecule has 1 N–H and O–H groups in total. The minimum atomic E-state index is -1.13. The minimum Gasteiger partial charge on any atom is -0.859 e. The molecule has 0 aromatic carbocycles. The van der Waals surface area contributed by atoms with Crippen LogP contribution in [0.4, 0.5) is 0 Å². The fourth-order valence-electron chi connectivity index (χ4n) is 1.40. The van der Waals surface area contributed by atoms with Crippen molar-refractivity contribution in [3.63, 3.8) is 0 Å². The molecule has 0 aliphatic heterocycles. The predicted octanol–water partition coefficient (Wildman–Crippen LogP) is -0.693. The summed E-state index contributed by atoms with van der Waals surface area (Å²) in [6.07, 6.45) is 12.6. The van der Waals surface area contributed by atoms with Crippen molar-refractivity contribution in [1.82, 2.24) is 0 Å². The van der Waals surface area contributed by atoms with E-state index in [0.29, 0.717) is 6.54 Å². The number of carbonyl (C=O) groups is 1. The minimum absolute atomic E-state index is 0. The summed E-state index contributed by atoms with van der Waals surface area (Å²) in [5.74, 6) is -1.60. The quantitative estimate of drug-likeness (QED) is 0.145. The Bertz CT molecular complexity index is 312. The van der Waals surface area contributed by atoms with E-state index in [1.54, 1.807) is 0 Å². The molecule has 4 nitrogen and oxygen atoms in total. The second-order valence-corrected chi connectivity index (χ2v) is 3.97. The number of nitrogens with zero attached hydrogens (tertiary/aromatic N) is 1. The molecule has 0 fully saturated rings. The van der Waals surface area contributed by atoms with Crippen molar-refractivity contribution in [2.24, 2.45) is 4.99 Å². The molecule has 0 aliphatic rings. The largest absolute Gasteiger partial charge is 1.00 e. The molecule has 0 bridgehead atoms. The van der Waals surface area contributed by atoms with Crippen molar-refractivity contribution < 1.29 is 66.4 Å². The van der Waals surface area contributed by atoms with Crippen LogP contribution in [0.25, 0.3) is 0 Å². The molecule has 0 atom stereocenters. The summed E-state index contributed by atoms with van der Waals surface area (Å²) in [5.41, 5.74) is 0. The third-order valence-corrected chi connectivity index (χ3v) is 2.32. The number of rotatable bonds is 10. The Morgan fingerprint density at radius 1 is 1.16 bits per heavy atom.